The maximum absolute atomic E-state index is 13.8. The van der Waals surface area contributed by atoms with Crippen LogP contribution in [-0.2, 0) is 15.1 Å². The molecule has 0 saturated carbocycles. The number of rotatable bonds is 2. The number of hydrogen-bond acceptors (Lipinski definition) is 5. The molecule has 6 nitrogen and oxygen atoms in total. The first kappa shape index (κ1) is 15.5. The van der Waals surface area contributed by atoms with Gasteiger partial charge in [0.15, 0.2) is 11.4 Å². The second-order valence-corrected chi connectivity index (χ2v) is 5.87. The Morgan fingerprint density at radius 2 is 2.08 bits per heavy atom. The average molecular weight is 340 g/mol. The van der Waals surface area contributed by atoms with E-state index in [-0.39, 0.29) is 11.4 Å². The van der Waals surface area contributed by atoms with Gasteiger partial charge in [-0.1, -0.05) is 12.1 Å². The predicted octanol–water partition coefficient (Wildman–Crippen LogP) is 1.64. The minimum atomic E-state index is -1.95. The molecule has 0 saturated heterocycles. The van der Waals surface area contributed by atoms with Crippen LogP contribution in [0.1, 0.15) is 17.8 Å². The average Bonchev–Trinajstić information content (AvgIpc) is 2.84. The fourth-order valence-corrected chi connectivity index (χ4v) is 3.24. The van der Waals surface area contributed by atoms with Gasteiger partial charge < -0.3 is 9.84 Å². The monoisotopic (exact) mass is 340 g/mol. The van der Waals surface area contributed by atoms with Gasteiger partial charge in [-0.2, -0.15) is 0 Å². The first-order chi connectivity index (χ1) is 12.0. The summed E-state index contributed by atoms with van der Waals surface area (Å²) in [6, 6.07) is 10.4. The highest BCUT2D eigenvalue weighted by molar-refractivity contribution is 5.80. The Hall–Kier alpha value is -3.06. The Morgan fingerprint density at radius 3 is 2.84 bits per heavy atom. The summed E-state index contributed by atoms with van der Waals surface area (Å²) in [5.41, 5.74) is -1.55. The second kappa shape index (κ2) is 5.22. The molecule has 0 aliphatic carbocycles. The fourth-order valence-electron chi connectivity index (χ4n) is 3.24. The van der Waals surface area contributed by atoms with E-state index < -0.39 is 29.4 Å². The molecule has 2 aromatic carbocycles. The quantitative estimate of drug-likeness (QED) is 0.717. The first-order valence-electron chi connectivity index (χ1n) is 7.57. The molecule has 0 amide bonds. The SMILES string of the molecule is COC(=O)CC1(O)c2cc(F)ccc2-n2c1nc1ccccc1c2=O. The molecule has 1 atom stereocenters. The Kier molecular flexibility index (Phi) is 3.23. The van der Waals surface area contributed by atoms with Gasteiger partial charge in [0.25, 0.3) is 5.56 Å². The van der Waals surface area contributed by atoms with Gasteiger partial charge in [-0.25, -0.2) is 9.37 Å². The number of halogens is 1. The lowest BCUT2D eigenvalue weighted by Gasteiger charge is -2.22. The van der Waals surface area contributed by atoms with Crippen molar-refractivity contribution in [3.8, 4) is 5.69 Å². The lowest BCUT2D eigenvalue weighted by atomic mass is 9.91. The Morgan fingerprint density at radius 1 is 1.32 bits per heavy atom. The van der Waals surface area contributed by atoms with Crippen molar-refractivity contribution in [3.63, 3.8) is 0 Å². The lowest BCUT2D eigenvalue weighted by Crippen LogP contribution is -2.32. The molecule has 126 valence electrons. The molecule has 1 N–H and O–H groups in total. The third kappa shape index (κ3) is 2.09. The number of aromatic nitrogens is 2. The van der Waals surface area contributed by atoms with Crippen molar-refractivity contribution in [2.45, 2.75) is 12.0 Å². The van der Waals surface area contributed by atoms with Gasteiger partial charge in [-0.15, -0.1) is 0 Å². The van der Waals surface area contributed by atoms with Crippen molar-refractivity contribution >= 4 is 16.9 Å². The third-order valence-electron chi connectivity index (χ3n) is 4.42. The highest BCUT2D eigenvalue weighted by Crippen LogP contribution is 2.42. The summed E-state index contributed by atoms with van der Waals surface area (Å²) in [5, 5.41) is 11.6. The summed E-state index contributed by atoms with van der Waals surface area (Å²) in [6.45, 7) is 0. The van der Waals surface area contributed by atoms with Crippen LogP contribution >= 0.6 is 0 Å². The van der Waals surface area contributed by atoms with E-state index in [1.165, 1.54) is 23.8 Å². The zero-order valence-corrected chi connectivity index (χ0v) is 13.2. The van der Waals surface area contributed by atoms with Crippen LogP contribution in [-0.4, -0.2) is 27.7 Å². The number of carbonyl (C=O) groups is 1. The minimum absolute atomic E-state index is 0.0257. The van der Waals surface area contributed by atoms with E-state index >= 15 is 0 Å². The molecule has 0 radical (unpaired) electrons. The number of fused-ring (bicyclic) bond motifs is 4. The number of ether oxygens (including phenoxy) is 1. The maximum atomic E-state index is 13.8. The molecule has 0 spiro atoms. The highest BCUT2D eigenvalue weighted by Gasteiger charge is 2.46. The smallest absolute Gasteiger partial charge is 0.309 e. The van der Waals surface area contributed by atoms with Crippen molar-refractivity contribution in [2.75, 3.05) is 7.11 Å². The van der Waals surface area contributed by atoms with E-state index in [1.54, 1.807) is 24.3 Å². The van der Waals surface area contributed by atoms with E-state index in [0.717, 1.165) is 6.07 Å². The number of para-hydroxylation sites is 1. The second-order valence-electron chi connectivity index (χ2n) is 5.87. The number of methoxy groups -OCH3 is 1. The van der Waals surface area contributed by atoms with Gasteiger partial charge in [0, 0.05) is 5.56 Å². The maximum Gasteiger partial charge on any atom is 0.309 e. The van der Waals surface area contributed by atoms with Crippen molar-refractivity contribution in [1.82, 2.24) is 9.55 Å². The van der Waals surface area contributed by atoms with E-state index in [1.807, 2.05) is 0 Å². The van der Waals surface area contributed by atoms with Gasteiger partial charge >= 0.3 is 5.97 Å². The predicted molar refractivity (Wildman–Crippen MR) is 86.9 cm³/mol. The Balaban J connectivity index is 2.11. The molecule has 3 aromatic rings. The fraction of sp³-hybridized carbons (Fsp3) is 0.167. The minimum Gasteiger partial charge on any atom is -0.469 e. The number of benzene rings is 2. The highest BCUT2D eigenvalue weighted by atomic mass is 19.1. The number of nitrogens with zero attached hydrogens (tertiary/aromatic N) is 2. The molecule has 1 unspecified atom stereocenters. The number of hydrogen-bond donors (Lipinski definition) is 1. The van der Waals surface area contributed by atoms with Gasteiger partial charge in [0.05, 0.1) is 30.1 Å². The summed E-state index contributed by atoms with van der Waals surface area (Å²) < 4.78 is 19.7. The van der Waals surface area contributed by atoms with E-state index in [9.17, 15) is 19.1 Å². The normalized spacial score (nSPS) is 18.0. The summed E-state index contributed by atoms with van der Waals surface area (Å²) in [6.07, 6.45) is -0.481. The Labute approximate surface area is 141 Å². The molecule has 25 heavy (non-hydrogen) atoms. The van der Waals surface area contributed by atoms with E-state index in [4.69, 9.17) is 0 Å². The molecule has 1 aromatic heterocycles. The van der Waals surface area contributed by atoms with Crippen LogP contribution in [0.15, 0.2) is 47.3 Å². The van der Waals surface area contributed by atoms with Crippen LogP contribution in [0.4, 0.5) is 4.39 Å². The van der Waals surface area contributed by atoms with Crippen molar-refractivity contribution in [3.05, 3.63) is 70.0 Å². The third-order valence-corrected chi connectivity index (χ3v) is 4.42. The van der Waals surface area contributed by atoms with Gasteiger partial charge in [0.1, 0.15) is 5.82 Å². The summed E-state index contributed by atoms with van der Waals surface area (Å²) in [4.78, 5) is 29.1. The molecule has 1 aliphatic rings. The van der Waals surface area contributed by atoms with Crippen molar-refractivity contribution in [2.24, 2.45) is 0 Å². The van der Waals surface area contributed by atoms with Crippen LogP contribution in [0.2, 0.25) is 0 Å². The molecule has 1 aliphatic heterocycles. The van der Waals surface area contributed by atoms with Gasteiger partial charge in [0.2, 0.25) is 0 Å². The summed E-state index contributed by atoms with van der Waals surface area (Å²) in [7, 11) is 1.19. The van der Waals surface area contributed by atoms with E-state index in [0.29, 0.717) is 16.6 Å². The van der Waals surface area contributed by atoms with Gasteiger partial charge in [-0.05, 0) is 30.3 Å². The lowest BCUT2D eigenvalue weighted by molar-refractivity contribution is -0.145. The molecule has 2 heterocycles. The van der Waals surface area contributed by atoms with Crippen LogP contribution in [0.5, 0.6) is 0 Å². The number of esters is 1. The zero-order chi connectivity index (χ0) is 17.8. The number of aliphatic hydroxyl groups is 1. The van der Waals surface area contributed by atoms with Crippen LogP contribution in [0.25, 0.3) is 16.6 Å². The van der Waals surface area contributed by atoms with Crippen molar-refractivity contribution in [1.29, 1.82) is 0 Å². The zero-order valence-electron chi connectivity index (χ0n) is 13.2. The molecule has 7 heteroatoms. The molecular formula is C18H13FN2O4. The van der Waals surface area contributed by atoms with E-state index in [2.05, 4.69) is 9.72 Å². The molecule has 0 fully saturated rings. The summed E-state index contributed by atoms with van der Waals surface area (Å²) in [5.74, 6) is -1.32. The largest absolute Gasteiger partial charge is 0.469 e. The first-order valence-corrected chi connectivity index (χ1v) is 7.57. The summed E-state index contributed by atoms with van der Waals surface area (Å²) >= 11 is 0. The standard InChI is InChI=1S/C18H13FN2O4/c1-25-15(22)9-18(24)12-8-10(19)6-7-14(12)21-16(23)11-4-2-3-5-13(11)20-17(18)21/h2-8,24H,9H2,1H3. The molecule has 0 bridgehead atoms. The van der Waals surface area contributed by atoms with Crippen molar-refractivity contribution < 1.29 is 19.0 Å². The van der Waals surface area contributed by atoms with Crippen LogP contribution in [0, 0.1) is 5.82 Å². The number of carbonyl (C=O) groups excluding carboxylic acids is 1. The van der Waals surface area contributed by atoms with Gasteiger partial charge in [-0.3, -0.25) is 14.2 Å². The van der Waals surface area contributed by atoms with Crippen LogP contribution < -0.4 is 5.56 Å². The Bertz CT molecular complexity index is 1090. The molecule has 4 rings (SSSR count). The topological polar surface area (TPSA) is 81.4 Å². The van der Waals surface area contributed by atoms with Crippen LogP contribution in [0.3, 0.4) is 0 Å². The molecular weight excluding hydrogens is 327 g/mol.